The van der Waals surface area contributed by atoms with Gasteiger partial charge in [-0.15, -0.1) is 0 Å². The van der Waals surface area contributed by atoms with Gasteiger partial charge in [0.15, 0.2) is 0 Å². The number of fused-ring (bicyclic) bond motifs is 10. The van der Waals surface area contributed by atoms with E-state index < -0.39 is 6.51 Å². The average molecular weight is 422 g/mol. The zero-order valence-corrected chi connectivity index (χ0v) is 17.5. The van der Waals surface area contributed by atoms with E-state index in [1.165, 1.54) is 11.1 Å². The molecule has 0 bridgehead atoms. The van der Waals surface area contributed by atoms with Crippen molar-refractivity contribution in [1.82, 2.24) is 0 Å². The minimum absolute atomic E-state index is 0.0572. The first-order valence-electron chi connectivity index (χ1n) is 11.2. The van der Waals surface area contributed by atoms with Crippen LogP contribution in [0.2, 0.25) is 47.2 Å². The molecule has 2 aromatic rings. The summed E-state index contributed by atoms with van der Waals surface area (Å²) in [6.45, 7) is 0.0558. The number of hydrogen-bond acceptors (Lipinski definition) is 2. The summed E-state index contributed by atoms with van der Waals surface area (Å²) in [5, 5.41) is 0. The summed E-state index contributed by atoms with van der Waals surface area (Å²) >= 11 is 0. The van der Waals surface area contributed by atoms with E-state index in [9.17, 15) is 9.59 Å². The topological polar surface area (TPSA) is 34.1 Å². The summed E-state index contributed by atoms with van der Waals surface area (Å²) in [5.74, 6) is 1.04. The normalized spacial score (nSPS) is 76.9. The maximum atomic E-state index is 14.2. The minimum atomic E-state index is -4.13. The van der Waals surface area contributed by atoms with Crippen LogP contribution in [0, 0.1) is 13.8 Å². The van der Waals surface area contributed by atoms with Gasteiger partial charge in [0.2, 0.25) is 0 Å². The number of carbonyl (C=O) groups is 2. The van der Waals surface area contributed by atoms with Crippen molar-refractivity contribution in [2.45, 2.75) is 61.0 Å². The van der Waals surface area contributed by atoms with Crippen molar-refractivity contribution in [3.05, 3.63) is 70.8 Å². The molecule has 12 rings (SSSR count). The van der Waals surface area contributed by atoms with Crippen molar-refractivity contribution in [3.8, 4) is 0 Å². The van der Waals surface area contributed by atoms with Gasteiger partial charge in [0, 0.05) is 0 Å². The van der Waals surface area contributed by atoms with Gasteiger partial charge in [-0.1, -0.05) is 0 Å². The molecule has 2 nitrogen and oxygen atoms in total. The third-order valence-corrected chi connectivity index (χ3v) is 60.7. The van der Waals surface area contributed by atoms with Crippen LogP contribution in [0.5, 0.6) is 0 Å². The molecule has 10 fully saturated rings. The van der Waals surface area contributed by atoms with Crippen LogP contribution in [-0.2, 0) is 6.51 Å². The Labute approximate surface area is 159 Å². The van der Waals surface area contributed by atoms with Crippen LogP contribution in [0.3, 0.4) is 0 Å². The molecule has 29 heavy (non-hydrogen) atoms. The predicted octanol–water partition coefficient (Wildman–Crippen LogP) is 6.50. The fourth-order valence-corrected chi connectivity index (χ4v) is 95.2. The van der Waals surface area contributed by atoms with E-state index in [2.05, 4.69) is 62.4 Å². The molecule has 8 atom stereocenters. The zero-order valence-electron chi connectivity index (χ0n) is 16.4. The molecular weight excluding hydrogens is 400 g/mol. The molecule has 146 valence electrons. The summed E-state index contributed by atoms with van der Waals surface area (Å²) in [6.07, 6.45) is 0. The van der Waals surface area contributed by atoms with Crippen LogP contribution in [0.4, 0.5) is 0 Å². The standard InChI is InChI=1S/2C13H11O.Fe/c2*1-10-5-4-8-12(9-10)13(14)11-6-2-3-7-11;/h2*2-9H,1H3;. The van der Waals surface area contributed by atoms with E-state index in [0.29, 0.717) is 11.6 Å². The molecule has 10 heterocycles. The van der Waals surface area contributed by atoms with E-state index in [1.807, 2.05) is 0 Å². The number of benzene rings is 2. The molecule has 0 radical (unpaired) electrons. The molecule has 3 heteroatoms. The number of rotatable bonds is 4. The fraction of sp³-hybridized carbons (Fsp3) is 0.462. The van der Waals surface area contributed by atoms with Gasteiger partial charge in [0.05, 0.1) is 0 Å². The molecule has 10 saturated heterocycles. The molecule has 10 aliphatic heterocycles. The van der Waals surface area contributed by atoms with Crippen molar-refractivity contribution >= 4 is 11.6 Å². The van der Waals surface area contributed by atoms with E-state index in [4.69, 9.17) is 0 Å². The monoisotopic (exact) mass is 422 g/mol. The molecule has 2 aromatic carbocycles. The van der Waals surface area contributed by atoms with Crippen LogP contribution >= 0.6 is 0 Å². The van der Waals surface area contributed by atoms with Gasteiger partial charge in [-0.25, -0.2) is 0 Å². The number of aryl methyl sites for hydroxylation is 2. The summed E-state index contributed by atoms with van der Waals surface area (Å²) in [4.78, 5) is 35.3. The van der Waals surface area contributed by atoms with Crippen molar-refractivity contribution in [1.29, 1.82) is 0 Å². The summed E-state index contributed by atoms with van der Waals surface area (Å²) in [7, 11) is 0. The Morgan fingerprint density at radius 1 is 0.690 bits per heavy atom. The van der Waals surface area contributed by atoms with E-state index in [1.54, 1.807) is 0 Å². The van der Waals surface area contributed by atoms with Crippen molar-refractivity contribution < 1.29 is 16.1 Å². The summed E-state index contributed by atoms with van der Waals surface area (Å²) < 4.78 is 0.114. The molecule has 8 unspecified atom stereocenters. The van der Waals surface area contributed by atoms with Crippen LogP contribution in [0.1, 0.15) is 31.8 Å². The summed E-state index contributed by atoms with van der Waals surface area (Å²) in [6, 6.07) is 16.7. The Morgan fingerprint density at radius 2 is 1.07 bits per heavy atom. The Bertz CT molecular complexity index is 1650. The fourth-order valence-electron chi connectivity index (χ4n) is 19.8. The number of carbonyl (C=O) groups excluding carboxylic acids is 2. The van der Waals surface area contributed by atoms with Crippen molar-refractivity contribution in [3.63, 3.8) is 0 Å². The van der Waals surface area contributed by atoms with Crippen molar-refractivity contribution in [2.75, 3.05) is 0 Å². The van der Waals surface area contributed by atoms with Gasteiger partial charge in [-0.05, 0) is 0 Å². The SMILES string of the molecule is Cc1cccc(C(=O)[C]23[CH]4[CH]5[CH]6[CH]2[Fe]56432789[CH]3[CH]2[CH]7[C]8(C(=O)c2cccc(C)c2)[CH]39)c1. The number of ketones is 2. The molecule has 0 N–H and O–H groups in total. The van der Waals surface area contributed by atoms with E-state index >= 15 is 0 Å². The summed E-state index contributed by atoms with van der Waals surface area (Å²) in [5.41, 5.74) is 4.31. The molecular formula is C26H22FeO2. The molecule has 0 amide bonds. The van der Waals surface area contributed by atoms with Crippen LogP contribution in [0.25, 0.3) is 0 Å². The second kappa shape index (κ2) is 1.52. The van der Waals surface area contributed by atoms with E-state index in [-0.39, 0.29) is 8.63 Å². The molecule has 1 spiro atoms. The van der Waals surface area contributed by atoms with Gasteiger partial charge < -0.3 is 0 Å². The Balaban J connectivity index is 1.19. The number of Topliss-reactive ketones (excluding diaryl/α,β-unsaturated/α-hetero) is 2. The average Bonchev–Trinajstić information content (AvgIpc) is 3.66. The van der Waals surface area contributed by atoms with Gasteiger partial charge in [-0.3, -0.25) is 0 Å². The third-order valence-electron chi connectivity index (χ3n) is 18.1. The molecule has 0 saturated carbocycles. The Hall–Kier alpha value is -1.70. The van der Waals surface area contributed by atoms with Gasteiger partial charge in [-0.2, -0.15) is 0 Å². The molecule has 0 aromatic heterocycles. The Kier molecular flexibility index (Phi) is 0.674. The Morgan fingerprint density at radius 3 is 1.38 bits per heavy atom. The number of hydrogen-bond donors (Lipinski definition) is 0. The van der Waals surface area contributed by atoms with Crippen LogP contribution in [0.15, 0.2) is 48.5 Å². The van der Waals surface area contributed by atoms with Crippen LogP contribution in [-0.4, -0.2) is 11.6 Å². The quantitative estimate of drug-likeness (QED) is 0.417. The molecule has 10 aliphatic rings. The van der Waals surface area contributed by atoms with Gasteiger partial charge >= 0.3 is 159 Å². The first kappa shape index (κ1) is 12.9. The van der Waals surface area contributed by atoms with Gasteiger partial charge in [0.1, 0.15) is 0 Å². The second-order valence-corrected chi connectivity index (χ2v) is 37.4. The van der Waals surface area contributed by atoms with Crippen LogP contribution < -0.4 is 0 Å². The first-order valence-corrected chi connectivity index (χ1v) is 17.4. The maximum absolute atomic E-state index is 14.2. The van der Waals surface area contributed by atoms with Crippen molar-refractivity contribution in [2.24, 2.45) is 0 Å². The molecule has 0 aliphatic carbocycles. The van der Waals surface area contributed by atoms with E-state index in [0.717, 1.165) is 49.7 Å². The van der Waals surface area contributed by atoms with Gasteiger partial charge in [0.25, 0.3) is 0 Å². The predicted molar refractivity (Wildman–Crippen MR) is 106 cm³/mol. The zero-order chi connectivity index (χ0) is 19.1. The first-order chi connectivity index (χ1) is 13.8. The second-order valence-electron chi connectivity index (χ2n) is 14.2. The third kappa shape index (κ3) is 0.222.